The predicted molar refractivity (Wildman–Crippen MR) is 164 cm³/mol. The van der Waals surface area contributed by atoms with E-state index < -0.39 is 0 Å². The van der Waals surface area contributed by atoms with Crippen LogP contribution < -0.4 is 4.74 Å². The van der Waals surface area contributed by atoms with E-state index in [1.165, 1.54) is 37.0 Å². The number of phenolic OH excluding ortho intramolecular Hbond substituents is 2. The first kappa shape index (κ1) is 30.2. The van der Waals surface area contributed by atoms with Crippen molar-refractivity contribution in [3.8, 4) is 27.7 Å². The molecule has 0 spiro atoms. The Balaban J connectivity index is 0.000000787. The second-order valence-electron chi connectivity index (χ2n) is 9.34. The number of carbonyl (C=O) groups is 1. The highest BCUT2D eigenvalue weighted by Gasteiger charge is 2.22. The van der Waals surface area contributed by atoms with E-state index in [1.54, 1.807) is 42.5 Å². The SMILES string of the molecule is CC.CCC.O=C(c1ccc(OCCN2CCCCC2)cc1)c1c(-c2ccc(O)cc2)sc2cc(O)ccc12. The Morgan fingerprint density at radius 3 is 2.13 bits per heavy atom. The zero-order valence-corrected chi connectivity index (χ0v) is 24.4. The lowest BCUT2D eigenvalue weighted by Gasteiger charge is -2.26. The number of aromatic hydroxyl groups is 2. The molecule has 0 bridgehead atoms. The van der Waals surface area contributed by atoms with E-state index in [-0.39, 0.29) is 17.3 Å². The fraction of sp³-hybridized carbons (Fsp3) is 0.364. The summed E-state index contributed by atoms with van der Waals surface area (Å²) >= 11 is 1.46. The molecular weight excluding hydrogens is 506 g/mol. The van der Waals surface area contributed by atoms with Crippen LogP contribution in [0, 0.1) is 0 Å². The topological polar surface area (TPSA) is 70.0 Å². The van der Waals surface area contributed by atoms with Crippen LogP contribution >= 0.6 is 11.3 Å². The van der Waals surface area contributed by atoms with Crippen molar-refractivity contribution in [1.82, 2.24) is 4.90 Å². The number of ketones is 1. The second-order valence-corrected chi connectivity index (χ2v) is 10.4. The molecule has 1 fully saturated rings. The molecule has 4 aromatic rings. The van der Waals surface area contributed by atoms with Crippen molar-refractivity contribution in [2.24, 2.45) is 0 Å². The summed E-state index contributed by atoms with van der Waals surface area (Å²) in [5, 5.41) is 20.4. The highest BCUT2D eigenvalue weighted by molar-refractivity contribution is 7.22. The molecule has 5 rings (SSSR count). The third kappa shape index (κ3) is 8.07. The number of piperidine rings is 1. The molecule has 2 heterocycles. The van der Waals surface area contributed by atoms with Gasteiger partial charge >= 0.3 is 0 Å². The summed E-state index contributed by atoms with van der Waals surface area (Å²) in [4.78, 5) is 16.9. The first-order valence-electron chi connectivity index (χ1n) is 14.0. The number of hydrogen-bond acceptors (Lipinski definition) is 6. The van der Waals surface area contributed by atoms with Gasteiger partial charge in [-0.3, -0.25) is 9.69 Å². The lowest BCUT2D eigenvalue weighted by molar-refractivity contribution is 0.104. The monoisotopic (exact) mass is 547 g/mol. The normalized spacial score (nSPS) is 13.1. The van der Waals surface area contributed by atoms with Crippen LogP contribution in [0.5, 0.6) is 17.2 Å². The Bertz CT molecular complexity index is 1310. The number of phenols is 2. The van der Waals surface area contributed by atoms with E-state index in [0.29, 0.717) is 17.7 Å². The van der Waals surface area contributed by atoms with E-state index in [9.17, 15) is 15.0 Å². The van der Waals surface area contributed by atoms with Crippen molar-refractivity contribution in [1.29, 1.82) is 0 Å². The Morgan fingerprint density at radius 2 is 1.49 bits per heavy atom. The van der Waals surface area contributed by atoms with Gasteiger partial charge in [0.05, 0.1) is 0 Å². The maximum atomic E-state index is 13.6. The average Bonchev–Trinajstić information content (AvgIpc) is 3.34. The van der Waals surface area contributed by atoms with Gasteiger partial charge < -0.3 is 14.9 Å². The van der Waals surface area contributed by atoms with Crippen LogP contribution in [0.15, 0.2) is 66.7 Å². The molecule has 2 N–H and O–H groups in total. The van der Waals surface area contributed by atoms with Crippen LogP contribution in [0.2, 0.25) is 0 Å². The van der Waals surface area contributed by atoms with Crippen LogP contribution in [0.3, 0.4) is 0 Å². The Morgan fingerprint density at radius 1 is 0.872 bits per heavy atom. The summed E-state index contributed by atoms with van der Waals surface area (Å²) in [6, 6.07) is 19.2. The molecule has 1 aliphatic rings. The molecule has 208 valence electrons. The maximum Gasteiger partial charge on any atom is 0.195 e. The van der Waals surface area contributed by atoms with Crippen molar-refractivity contribution < 1.29 is 19.7 Å². The van der Waals surface area contributed by atoms with Crippen LogP contribution in [-0.2, 0) is 0 Å². The molecule has 0 unspecified atom stereocenters. The molecule has 0 aliphatic carbocycles. The number of benzene rings is 3. The molecule has 0 amide bonds. The smallest absolute Gasteiger partial charge is 0.195 e. The third-order valence-corrected chi connectivity index (χ3v) is 7.47. The van der Waals surface area contributed by atoms with E-state index in [0.717, 1.165) is 45.9 Å². The fourth-order valence-corrected chi connectivity index (χ4v) is 5.69. The average molecular weight is 548 g/mol. The van der Waals surface area contributed by atoms with Gasteiger partial charge in [0.25, 0.3) is 0 Å². The van der Waals surface area contributed by atoms with Crippen LogP contribution in [-0.4, -0.2) is 47.1 Å². The predicted octanol–water partition coefficient (Wildman–Crippen LogP) is 8.52. The molecule has 1 aromatic heterocycles. The molecule has 0 radical (unpaired) electrons. The van der Waals surface area contributed by atoms with Gasteiger partial charge in [0, 0.05) is 32.6 Å². The number of ether oxygens (including phenoxy) is 1. The van der Waals surface area contributed by atoms with Gasteiger partial charge in [0.2, 0.25) is 0 Å². The van der Waals surface area contributed by atoms with E-state index in [2.05, 4.69) is 18.7 Å². The lowest BCUT2D eigenvalue weighted by Crippen LogP contribution is -2.33. The molecule has 1 saturated heterocycles. The molecule has 3 aromatic carbocycles. The second kappa shape index (κ2) is 15.3. The van der Waals surface area contributed by atoms with Gasteiger partial charge in [0.15, 0.2) is 5.78 Å². The minimum absolute atomic E-state index is 0.0834. The lowest BCUT2D eigenvalue weighted by atomic mass is 9.97. The largest absolute Gasteiger partial charge is 0.508 e. The van der Waals surface area contributed by atoms with E-state index in [1.807, 2.05) is 38.1 Å². The molecule has 1 aliphatic heterocycles. The summed E-state index contributed by atoms with van der Waals surface area (Å²) in [5.74, 6) is 1.01. The summed E-state index contributed by atoms with van der Waals surface area (Å²) in [5.41, 5.74) is 2.03. The molecule has 0 atom stereocenters. The molecule has 39 heavy (non-hydrogen) atoms. The van der Waals surface area contributed by atoms with Gasteiger partial charge in [-0.25, -0.2) is 0 Å². The van der Waals surface area contributed by atoms with Gasteiger partial charge in [0.1, 0.15) is 23.9 Å². The zero-order valence-electron chi connectivity index (χ0n) is 23.6. The standard InChI is InChI=1S/C28H27NO4S.C3H8.C2H6/c30-21-8-4-20(5-9-21)28-26(24-13-10-22(31)18-25(24)34-28)27(32)19-6-11-23(12-7-19)33-17-16-29-14-2-1-3-15-29;1-3-2;1-2/h4-13,18,30-31H,1-3,14-17H2;3H2,1-2H3;1-2H3. The summed E-state index contributed by atoms with van der Waals surface area (Å²) in [7, 11) is 0. The number of likely N-dealkylation sites (tertiary alicyclic amines) is 1. The summed E-state index contributed by atoms with van der Waals surface area (Å²) in [6.45, 7) is 12.1. The number of carbonyl (C=O) groups excluding carboxylic acids is 1. The van der Waals surface area contributed by atoms with Crippen molar-refractivity contribution in [2.45, 2.75) is 53.4 Å². The molecular formula is C33H41NO4S. The number of hydrogen-bond donors (Lipinski definition) is 2. The van der Waals surface area contributed by atoms with Gasteiger partial charge in [-0.2, -0.15) is 0 Å². The van der Waals surface area contributed by atoms with Crippen molar-refractivity contribution in [3.05, 3.63) is 77.9 Å². The highest BCUT2D eigenvalue weighted by Crippen LogP contribution is 2.41. The molecule has 0 saturated carbocycles. The van der Waals surface area contributed by atoms with Crippen LogP contribution in [0.4, 0.5) is 0 Å². The maximum absolute atomic E-state index is 13.6. The Labute approximate surface area is 236 Å². The minimum atomic E-state index is -0.0834. The number of thiophene rings is 1. The number of fused-ring (bicyclic) bond motifs is 1. The highest BCUT2D eigenvalue weighted by atomic mass is 32.1. The third-order valence-electron chi connectivity index (χ3n) is 6.27. The number of nitrogens with zero attached hydrogens (tertiary/aromatic N) is 1. The summed E-state index contributed by atoms with van der Waals surface area (Å²) in [6.07, 6.45) is 5.10. The fourth-order valence-electron chi connectivity index (χ4n) is 4.45. The quantitative estimate of drug-likeness (QED) is 0.227. The first-order valence-corrected chi connectivity index (χ1v) is 14.9. The van der Waals surface area contributed by atoms with E-state index >= 15 is 0 Å². The van der Waals surface area contributed by atoms with Crippen molar-refractivity contribution >= 4 is 27.2 Å². The van der Waals surface area contributed by atoms with E-state index in [4.69, 9.17) is 4.74 Å². The van der Waals surface area contributed by atoms with Gasteiger partial charge in [-0.15, -0.1) is 11.3 Å². The molecule has 6 heteroatoms. The van der Waals surface area contributed by atoms with Crippen LogP contribution in [0.1, 0.15) is 69.3 Å². The zero-order chi connectivity index (χ0) is 28.2. The Hall–Kier alpha value is -3.35. The van der Waals surface area contributed by atoms with Gasteiger partial charge in [-0.05, 0) is 98.2 Å². The number of rotatable bonds is 7. The van der Waals surface area contributed by atoms with Gasteiger partial charge in [-0.1, -0.05) is 40.5 Å². The van der Waals surface area contributed by atoms with Crippen LogP contribution in [0.25, 0.3) is 20.5 Å². The van der Waals surface area contributed by atoms with Crippen molar-refractivity contribution in [3.63, 3.8) is 0 Å². The van der Waals surface area contributed by atoms with Crippen molar-refractivity contribution in [2.75, 3.05) is 26.2 Å². The minimum Gasteiger partial charge on any atom is -0.508 e. The molecule has 5 nitrogen and oxygen atoms in total. The Kier molecular flexibility index (Phi) is 11.8. The summed E-state index contributed by atoms with van der Waals surface area (Å²) < 4.78 is 6.76. The first-order chi connectivity index (χ1) is 19.0.